The van der Waals surface area contributed by atoms with Gasteiger partial charge in [0, 0.05) is 31.2 Å². The molecule has 2 aromatic rings. The molecule has 0 spiro atoms. The molecule has 3 rings (SSSR count). The molecule has 2 aromatic carbocycles. The van der Waals surface area contributed by atoms with Crippen LogP contribution in [-0.4, -0.2) is 11.4 Å². The Labute approximate surface area is 116 Å². The van der Waals surface area contributed by atoms with Crippen molar-refractivity contribution in [3.05, 3.63) is 70.8 Å². The molecular weight excluding hydrogens is 258 g/mol. The van der Waals surface area contributed by atoms with Gasteiger partial charge in [0.05, 0.1) is 0 Å². The Kier molecular flexibility index (Phi) is 3.51. The van der Waals surface area contributed by atoms with Gasteiger partial charge in [0.2, 0.25) is 0 Å². The van der Waals surface area contributed by atoms with Crippen molar-refractivity contribution >= 4 is 0 Å². The molecule has 0 amide bonds. The molecule has 0 fully saturated rings. The van der Waals surface area contributed by atoms with Crippen LogP contribution in [-0.2, 0) is 13.1 Å². The van der Waals surface area contributed by atoms with Gasteiger partial charge in [0.15, 0.2) is 0 Å². The number of hydrogen-bond donors (Lipinski definition) is 1. The van der Waals surface area contributed by atoms with Gasteiger partial charge in [-0.1, -0.05) is 24.3 Å². The van der Waals surface area contributed by atoms with Crippen LogP contribution in [0.5, 0.6) is 0 Å². The molecule has 1 atom stereocenters. The minimum atomic E-state index is -0.250. The van der Waals surface area contributed by atoms with E-state index in [9.17, 15) is 8.78 Å². The molecule has 1 heterocycles. The number of hydrogen-bond acceptors (Lipinski definition) is 2. The average molecular weight is 274 g/mol. The van der Waals surface area contributed by atoms with Crippen molar-refractivity contribution in [3.8, 4) is 0 Å². The number of nitrogens with zero attached hydrogens (tertiary/aromatic N) is 1. The largest absolute Gasteiger partial charge is 0.329 e. The van der Waals surface area contributed by atoms with Crippen molar-refractivity contribution < 1.29 is 8.78 Å². The number of rotatable bonds is 3. The highest BCUT2D eigenvalue weighted by Crippen LogP contribution is 2.35. The van der Waals surface area contributed by atoms with Crippen LogP contribution in [0, 0.1) is 11.6 Å². The molecule has 2 N–H and O–H groups in total. The molecule has 104 valence electrons. The predicted molar refractivity (Wildman–Crippen MR) is 73.8 cm³/mol. The lowest BCUT2D eigenvalue weighted by Crippen LogP contribution is -2.27. The Morgan fingerprint density at radius 1 is 1.10 bits per heavy atom. The third-order valence-corrected chi connectivity index (χ3v) is 3.84. The first-order chi connectivity index (χ1) is 9.69. The second-order valence-electron chi connectivity index (χ2n) is 5.09. The molecule has 0 saturated heterocycles. The SMILES string of the molecule is NCC1c2cccc(F)c2CN1Cc1ccc(F)cc1. The first-order valence-corrected chi connectivity index (χ1v) is 6.65. The first kappa shape index (κ1) is 13.2. The van der Waals surface area contributed by atoms with Crippen molar-refractivity contribution in [2.24, 2.45) is 5.73 Å². The van der Waals surface area contributed by atoms with E-state index in [0.29, 0.717) is 19.6 Å². The van der Waals surface area contributed by atoms with E-state index in [0.717, 1.165) is 16.7 Å². The second kappa shape index (κ2) is 5.31. The van der Waals surface area contributed by atoms with Gasteiger partial charge in [0.25, 0.3) is 0 Å². The predicted octanol–water partition coefficient (Wildman–Crippen LogP) is 2.98. The maximum absolute atomic E-state index is 13.8. The fourth-order valence-corrected chi connectivity index (χ4v) is 2.83. The van der Waals surface area contributed by atoms with Crippen LogP contribution in [0.2, 0.25) is 0 Å². The molecule has 0 saturated carbocycles. The molecule has 20 heavy (non-hydrogen) atoms. The number of halogens is 2. The van der Waals surface area contributed by atoms with E-state index >= 15 is 0 Å². The van der Waals surface area contributed by atoms with Crippen LogP contribution in [0.25, 0.3) is 0 Å². The Morgan fingerprint density at radius 3 is 2.55 bits per heavy atom. The van der Waals surface area contributed by atoms with Crippen LogP contribution in [0.1, 0.15) is 22.7 Å². The fraction of sp³-hybridized carbons (Fsp3) is 0.250. The third-order valence-electron chi connectivity index (χ3n) is 3.84. The molecule has 0 radical (unpaired) electrons. The lowest BCUT2D eigenvalue weighted by molar-refractivity contribution is 0.210. The van der Waals surface area contributed by atoms with Crippen LogP contribution in [0.15, 0.2) is 42.5 Å². The summed E-state index contributed by atoms with van der Waals surface area (Å²) in [4.78, 5) is 2.13. The van der Waals surface area contributed by atoms with Crippen LogP contribution < -0.4 is 5.73 Å². The normalized spacial score (nSPS) is 18.2. The van der Waals surface area contributed by atoms with Gasteiger partial charge < -0.3 is 5.73 Å². The third kappa shape index (κ3) is 2.32. The summed E-state index contributed by atoms with van der Waals surface area (Å²) in [5, 5.41) is 0. The quantitative estimate of drug-likeness (QED) is 0.932. The van der Waals surface area contributed by atoms with E-state index in [-0.39, 0.29) is 17.7 Å². The van der Waals surface area contributed by atoms with Gasteiger partial charge in [-0.15, -0.1) is 0 Å². The molecule has 4 heteroatoms. The summed E-state index contributed by atoms with van der Waals surface area (Å²) in [6, 6.07) is 11.5. The van der Waals surface area contributed by atoms with Crippen LogP contribution in [0.3, 0.4) is 0 Å². The molecule has 1 unspecified atom stereocenters. The fourth-order valence-electron chi connectivity index (χ4n) is 2.83. The number of nitrogens with two attached hydrogens (primary N) is 1. The Bertz CT molecular complexity index is 610. The smallest absolute Gasteiger partial charge is 0.128 e. The highest BCUT2D eigenvalue weighted by Gasteiger charge is 2.30. The zero-order chi connectivity index (χ0) is 14.1. The van der Waals surface area contributed by atoms with E-state index in [1.807, 2.05) is 6.07 Å². The van der Waals surface area contributed by atoms with E-state index in [1.165, 1.54) is 18.2 Å². The van der Waals surface area contributed by atoms with E-state index < -0.39 is 0 Å². The first-order valence-electron chi connectivity index (χ1n) is 6.65. The average Bonchev–Trinajstić information content (AvgIpc) is 2.80. The summed E-state index contributed by atoms with van der Waals surface area (Å²) in [6.07, 6.45) is 0. The van der Waals surface area contributed by atoms with Gasteiger partial charge in [-0.25, -0.2) is 8.78 Å². The van der Waals surface area contributed by atoms with Gasteiger partial charge in [0.1, 0.15) is 11.6 Å². The highest BCUT2D eigenvalue weighted by atomic mass is 19.1. The molecular formula is C16H16F2N2. The van der Waals surface area contributed by atoms with Gasteiger partial charge >= 0.3 is 0 Å². The summed E-state index contributed by atoms with van der Waals surface area (Å²) < 4.78 is 26.8. The molecule has 1 aliphatic rings. The zero-order valence-electron chi connectivity index (χ0n) is 11.0. The lowest BCUT2D eigenvalue weighted by Gasteiger charge is -2.23. The minimum absolute atomic E-state index is 0.0192. The molecule has 0 bridgehead atoms. The van der Waals surface area contributed by atoms with Crippen LogP contribution in [0.4, 0.5) is 8.78 Å². The van der Waals surface area contributed by atoms with Gasteiger partial charge in [-0.2, -0.15) is 0 Å². The minimum Gasteiger partial charge on any atom is -0.329 e. The monoisotopic (exact) mass is 274 g/mol. The summed E-state index contributed by atoms with van der Waals surface area (Å²) >= 11 is 0. The van der Waals surface area contributed by atoms with Crippen molar-refractivity contribution in [2.45, 2.75) is 19.1 Å². The van der Waals surface area contributed by atoms with Crippen molar-refractivity contribution in [3.63, 3.8) is 0 Å². The second-order valence-corrected chi connectivity index (χ2v) is 5.09. The number of fused-ring (bicyclic) bond motifs is 1. The summed E-state index contributed by atoms with van der Waals surface area (Å²) in [6.45, 7) is 1.62. The van der Waals surface area contributed by atoms with Crippen molar-refractivity contribution in [1.82, 2.24) is 4.90 Å². The van der Waals surface area contributed by atoms with Gasteiger partial charge in [-0.05, 0) is 29.3 Å². The maximum Gasteiger partial charge on any atom is 0.128 e. The van der Waals surface area contributed by atoms with E-state index in [1.54, 1.807) is 18.2 Å². The molecule has 2 nitrogen and oxygen atoms in total. The lowest BCUT2D eigenvalue weighted by atomic mass is 10.0. The molecule has 0 aliphatic carbocycles. The Balaban J connectivity index is 1.85. The standard InChI is InChI=1S/C16H16F2N2/c17-12-6-4-11(5-7-12)9-20-10-14-13(16(20)8-19)2-1-3-15(14)18/h1-7,16H,8-10,19H2. The van der Waals surface area contributed by atoms with Crippen LogP contribution >= 0.6 is 0 Å². The summed E-state index contributed by atoms with van der Waals surface area (Å²) in [5.41, 5.74) is 8.54. The van der Waals surface area contributed by atoms with Crippen molar-refractivity contribution in [2.75, 3.05) is 6.54 Å². The summed E-state index contributed by atoms with van der Waals surface area (Å²) in [7, 11) is 0. The highest BCUT2D eigenvalue weighted by molar-refractivity contribution is 5.36. The molecule has 0 aromatic heterocycles. The topological polar surface area (TPSA) is 29.3 Å². The van der Waals surface area contributed by atoms with Gasteiger partial charge in [-0.3, -0.25) is 4.90 Å². The zero-order valence-corrected chi connectivity index (χ0v) is 11.0. The Morgan fingerprint density at radius 2 is 1.85 bits per heavy atom. The maximum atomic E-state index is 13.8. The van der Waals surface area contributed by atoms with Crippen molar-refractivity contribution in [1.29, 1.82) is 0 Å². The Hall–Kier alpha value is -1.78. The van der Waals surface area contributed by atoms with E-state index in [2.05, 4.69) is 4.90 Å². The number of benzene rings is 2. The summed E-state index contributed by atoms with van der Waals surface area (Å²) in [5.74, 6) is -0.428. The van der Waals surface area contributed by atoms with E-state index in [4.69, 9.17) is 5.73 Å². The molecule has 1 aliphatic heterocycles.